The molecule has 276 valence electrons. The Hall–Kier alpha value is -5.09. The molecule has 53 heavy (non-hydrogen) atoms. The van der Waals surface area contributed by atoms with E-state index in [1.807, 2.05) is 42.3 Å². The number of hydrogen-bond acceptors (Lipinski definition) is 13. The SMILES string of the molecule is Cc1nn(-c2ccccn2)c2nc(C3CC3)cc(C(=O)N3C[C@@H](C)N(Cc4cn(-c5nc(N6CCCCC6)nc(N6CCOCC6)n5)nn4)[C@@H](C)C3)c12. The Kier molecular flexibility index (Phi) is 8.94. The number of carbonyl (C=O) groups is 1. The van der Waals surface area contributed by atoms with Crippen LogP contribution in [0, 0.1) is 6.92 Å². The number of morpholine rings is 1. The van der Waals surface area contributed by atoms with Gasteiger partial charge in [-0.25, -0.2) is 9.97 Å². The Balaban J connectivity index is 0.944. The van der Waals surface area contributed by atoms with Crippen LogP contribution in [-0.2, 0) is 11.3 Å². The third-order valence-corrected chi connectivity index (χ3v) is 10.9. The monoisotopic (exact) mass is 718 g/mol. The molecule has 3 saturated heterocycles. The van der Waals surface area contributed by atoms with Gasteiger partial charge in [-0.1, -0.05) is 11.3 Å². The second-order valence-corrected chi connectivity index (χ2v) is 14.9. The van der Waals surface area contributed by atoms with E-state index in [0.717, 1.165) is 74.3 Å². The summed E-state index contributed by atoms with van der Waals surface area (Å²) >= 11 is 0. The van der Waals surface area contributed by atoms with Crippen LogP contribution >= 0.6 is 0 Å². The maximum atomic E-state index is 14.5. The number of aromatic nitrogens is 10. The molecule has 2 atom stereocenters. The maximum Gasteiger partial charge on any atom is 0.258 e. The average Bonchev–Trinajstić information content (AvgIpc) is 3.86. The smallest absolute Gasteiger partial charge is 0.258 e. The molecule has 0 N–H and O–H groups in total. The first-order chi connectivity index (χ1) is 25.9. The molecular formula is C37H46N14O2. The van der Waals surface area contributed by atoms with Gasteiger partial charge >= 0.3 is 0 Å². The largest absolute Gasteiger partial charge is 0.378 e. The second-order valence-electron chi connectivity index (χ2n) is 14.9. The zero-order valence-corrected chi connectivity index (χ0v) is 30.7. The first-order valence-corrected chi connectivity index (χ1v) is 19.0. The molecule has 1 amide bonds. The van der Waals surface area contributed by atoms with Crippen molar-refractivity contribution in [3.8, 4) is 11.8 Å². The molecule has 0 bridgehead atoms. The van der Waals surface area contributed by atoms with Crippen molar-refractivity contribution < 1.29 is 9.53 Å². The molecule has 8 heterocycles. The summed E-state index contributed by atoms with van der Waals surface area (Å²) in [5, 5.41) is 14.7. The summed E-state index contributed by atoms with van der Waals surface area (Å²) in [6.07, 6.45) is 9.32. The molecule has 1 saturated carbocycles. The Morgan fingerprint density at radius 3 is 2.30 bits per heavy atom. The molecule has 0 aromatic carbocycles. The summed E-state index contributed by atoms with van der Waals surface area (Å²) in [6, 6.07) is 7.92. The van der Waals surface area contributed by atoms with E-state index < -0.39 is 0 Å². The number of carbonyl (C=O) groups excluding carboxylic acids is 1. The molecule has 4 aliphatic rings. The van der Waals surface area contributed by atoms with Gasteiger partial charge < -0.3 is 19.4 Å². The fourth-order valence-corrected chi connectivity index (χ4v) is 7.95. The second kappa shape index (κ2) is 14.0. The minimum Gasteiger partial charge on any atom is -0.378 e. The van der Waals surface area contributed by atoms with Gasteiger partial charge in [0.1, 0.15) is 0 Å². The van der Waals surface area contributed by atoms with Crippen molar-refractivity contribution in [2.75, 3.05) is 62.3 Å². The van der Waals surface area contributed by atoms with Crippen molar-refractivity contribution in [1.82, 2.24) is 59.5 Å². The van der Waals surface area contributed by atoms with Crippen LogP contribution in [0.25, 0.3) is 22.8 Å². The molecule has 1 aliphatic carbocycles. The van der Waals surface area contributed by atoms with Crippen molar-refractivity contribution in [2.24, 2.45) is 0 Å². The summed E-state index contributed by atoms with van der Waals surface area (Å²) in [5.41, 5.74) is 3.91. The van der Waals surface area contributed by atoms with Gasteiger partial charge in [0.05, 0.1) is 41.7 Å². The van der Waals surface area contributed by atoms with Crippen molar-refractivity contribution in [3.05, 3.63) is 59.3 Å². The van der Waals surface area contributed by atoms with Gasteiger partial charge in [0.2, 0.25) is 11.9 Å². The number of pyridine rings is 2. The van der Waals surface area contributed by atoms with Crippen molar-refractivity contribution >= 4 is 28.8 Å². The fourth-order valence-electron chi connectivity index (χ4n) is 7.95. The van der Waals surface area contributed by atoms with Gasteiger partial charge in [0.25, 0.3) is 11.9 Å². The highest BCUT2D eigenvalue weighted by Gasteiger charge is 2.36. The maximum absolute atomic E-state index is 14.5. The van der Waals surface area contributed by atoms with Gasteiger partial charge in [-0.15, -0.1) is 5.10 Å². The third kappa shape index (κ3) is 6.69. The Bertz CT molecular complexity index is 2050. The normalized spacial score (nSPS) is 21.5. The quantitative estimate of drug-likeness (QED) is 0.231. The molecule has 16 heteroatoms. The number of piperidine rings is 1. The molecule has 5 aromatic rings. The van der Waals surface area contributed by atoms with Crippen LogP contribution in [0.2, 0.25) is 0 Å². The average molecular weight is 719 g/mol. The van der Waals surface area contributed by atoms with E-state index in [9.17, 15) is 4.79 Å². The standard InChI is InChI=1S/C37H46N14O2/c1-24-20-48(34(52)29-19-30(27-10-11-27)39-33-32(29)26(3)44-51(33)31-9-5-6-12-38-31)21-25(2)49(24)22-28-23-50(45-43-28)37-41-35(46-13-7-4-8-14-46)40-36(42-37)47-15-17-53-18-16-47/h5-6,9,12,19,23-25,27H,4,7-8,10-11,13-18,20-22H2,1-3H3/t24-,25+. The number of nitrogens with zero attached hydrogens (tertiary/aromatic N) is 14. The zero-order chi connectivity index (χ0) is 36.1. The van der Waals surface area contributed by atoms with Crippen LogP contribution in [0.4, 0.5) is 11.9 Å². The van der Waals surface area contributed by atoms with E-state index in [0.29, 0.717) is 73.6 Å². The van der Waals surface area contributed by atoms with Gasteiger partial charge in [-0.05, 0) is 71.1 Å². The number of anilines is 2. The van der Waals surface area contributed by atoms with E-state index in [1.165, 1.54) is 6.42 Å². The lowest BCUT2D eigenvalue weighted by Crippen LogP contribution is -2.57. The van der Waals surface area contributed by atoms with Crippen molar-refractivity contribution in [1.29, 1.82) is 0 Å². The van der Waals surface area contributed by atoms with Gasteiger partial charge in [-0.3, -0.25) is 9.69 Å². The highest BCUT2D eigenvalue weighted by molar-refractivity contribution is 6.07. The molecule has 0 radical (unpaired) electrons. The number of ether oxygens (including phenoxy) is 1. The van der Waals surface area contributed by atoms with Crippen LogP contribution in [0.5, 0.6) is 0 Å². The summed E-state index contributed by atoms with van der Waals surface area (Å²) in [5.74, 6) is 2.88. The Labute approximate surface area is 308 Å². The highest BCUT2D eigenvalue weighted by atomic mass is 16.5. The van der Waals surface area contributed by atoms with Crippen LogP contribution in [0.15, 0.2) is 36.7 Å². The lowest BCUT2D eigenvalue weighted by molar-refractivity contribution is 0.0265. The van der Waals surface area contributed by atoms with E-state index in [-0.39, 0.29) is 18.0 Å². The van der Waals surface area contributed by atoms with Crippen LogP contribution in [0.3, 0.4) is 0 Å². The lowest BCUT2D eigenvalue weighted by atomic mass is 10.0. The molecule has 0 spiro atoms. The summed E-state index contributed by atoms with van der Waals surface area (Å²) in [7, 11) is 0. The highest BCUT2D eigenvalue weighted by Crippen LogP contribution is 2.41. The number of hydrogen-bond donors (Lipinski definition) is 0. The zero-order valence-electron chi connectivity index (χ0n) is 30.7. The van der Waals surface area contributed by atoms with E-state index in [2.05, 4.69) is 43.8 Å². The molecule has 0 unspecified atom stereocenters. The Morgan fingerprint density at radius 2 is 1.60 bits per heavy atom. The van der Waals surface area contributed by atoms with Gasteiger partial charge in [-0.2, -0.15) is 29.4 Å². The van der Waals surface area contributed by atoms with Crippen LogP contribution < -0.4 is 9.80 Å². The predicted molar refractivity (Wildman–Crippen MR) is 198 cm³/mol. The first-order valence-electron chi connectivity index (χ1n) is 19.0. The minimum atomic E-state index is 0.0164. The number of rotatable bonds is 8. The van der Waals surface area contributed by atoms with Gasteiger partial charge in [0, 0.05) is 75.7 Å². The van der Waals surface area contributed by atoms with E-state index >= 15 is 0 Å². The third-order valence-electron chi connectivity index (χ3n) is 10.9. The molecule has 3 aliphatic heterocycles. The van der Waals surface area contributed by atoms with E-state index in [1.54, 1.807) is 15.6 Å². The number of piperazine rings is 1. The number of amides is 1. The fraction of sp³-hybridized carbons (Fsp3) is 0.541. The topological polar surface area (TPSA) is 152 Å². The molecule has 5 aromatic heterocycles. The molecule has 9 rings (SSSR count). The predicted octanol–water partition coefficient (Wildman–Crippen LogP) is 3.33. The molecule has 16 nitrogen and oxygen atoms in total. The summed E-state index contributed by atoms with van der Waals surface area (Å²) in [4.78, 5) is 47.4. The lowest BCUT2D eigenvalue weighted by Gasteiger charge is -2.44. The van der Waals surface area contributed by atoms with Crippen LogP contribution in [-0.4, -0.2) is 130 Å². The van der Waals surface area contributed by atoms with E-state index in [4.69, 9.17) is 29.8 Å². The minimum absolute atomic E-state index is 0.0164. The number of aryl methyl sites for hydroxylation is 1. The Morgan fingerprint density at radius 1 is 0.887 bits per heavy atom. The molecular weight excluding hydrogens is 673 g/mol. The first kappa shape index (κ1) is 33.7. The van der Waals surface area contributed by atoms with Crippen molar-refractivity contribution in [3.63, 3.8) is 0 Å². The summed E-state index contributed by atoms with van der Waals surface area (Å²) < 4.78 is 9.03. The van der Waals surface area contributed by atoms with Crippen molar-refractivity contribution in [2.45, 2.75) is 77.4 Å². The van der Waals surface area contributed by atoms with Crippen LogP contribution in [0.1, 0.15) is 79.3 Å². The molecule has 4 fully saturated rings. The number of fused-ring (bicyclic) bond motifs is 1. The van der Waals surface area contributed by atoms with Gasteiger partial charge in [0.15, 0.2) is 11.5 Å². The summed E-state index contributed by atoms with van der Waals surface area (Å²) in [6.45, 7) is 12.7.